The third kappa shape index (κ3) is 46.4. The number of hydrogen-bond donors (Lipinski definition) is 0. The van der Waals surface area contributed by atoms with E-state index in [-0.39, 0.29) is 31.1 Å². The number of hydrogen-bond acceptors (Lipinski definition) is 6. The minimum absolute atomic E-state index is 0.0699. The molecule has 1 atom stereocenters. The first-order valence-electron chi connectivity index (χ1n) is 25.6. The summed E-state index contributed by atoms with van der Waals surface area (Å²) >= 11 is 0. The molecule has 0 amide bonds. The van der Waals surface area contributed by atoms with Crippen LogP contribution in [-0.4, -0.2) is 37.2 Å². The number of unbranched alkanes of at least 4 members (excludes halogenated alkanes) is 27. The lowest BCUT2D eigenvalue weighted by molar-refractivity contribution is -0.167. The fraction of sp³-hybridized carbons (Fsp3) is 0.796. The van der Waals surface area contributed by atoms with Gasteiger partial charge in [-0.15, -0.1) is 0 Å². The zero-order chi connectivity index (χ0) is 43.7. The van der Waals surface area contributed by atoms with Gasteiger partial charge in [-0.25, -0.2) is 0 Å². The Morgan fingerprint density at radius 3 is 1.02 bits per heavy atom. The highest BCUT2D eigenvalue weighted by Crippen LogP contribution is 2.15. The van der Waals surface area contributed by atoms with E-state index in [1.54, 1.807) is 0 Å². The molecule has 0 aliphatic carbocycles. The van der Waals surface area contributed by atoms with Crippen molar-refractivity contribution in [3.05, 3.63) is 48.6 Å². The van der Waals surface area contributed by atoms with E-state index in [0.717, 1.165) is 83.5 Å². The second-order valence-corrected chi connectivity index (χ2v) is 17.1. The van der Waals surface area contributed by atoms with Gasteiger partial charge in [0.25, 0.3) is 0 Å². The number of rotatable bonds is 46. The minimum Gasteiger partial charge on any atom is -0.462 e. The lowest BCUT2D eigenvalue weighted by Crippen LogP contribution is -2.30. The highest BCUT2D eigenvalue weighted by atomic mass is 16.6. The van der Waals surface area contributed by atoms with E-state index < -0.39 is 6.10 Å². The van der Waals surface area contributed by atoms with Crippen molar-refractivity contribution in [3.8, 4) is 0 Å². The van der Waals surface area contributed by atoms with Gasteiger partial charge in [0.05, 0.1) is 0 Å². The summed E-state index contributed by atoms with van der Waals surface area (Å²) in [6, 6.07) is 0. The van der Waals surface area contributed by atoms with E-state index in [9.17, 15) is 14.4 Å². The summed E-state index contributed by atoms with van der Waals surface area (Å²) < 4.78 is 16.7. The van der Waals surface area contributed by atoms with Crippen LogP contribution in [0, 0.1) is 0 Å². The maximum absolute atomic E-state index is 12.6. The Morgan fingerprint density at radius 2 is 0.650 bits per heavy atom. The van der Waals surface area contributed by atoms with Gasteiger partial charge in [0, 0.05) is 19.3 Å². The average Bonchev–Trinajstić information content (AvgIpc) is 3.24. The smallest absolute Gasteiger partial charge is 0.306 e. The zero-order valence-corrected chi connectivity index (χ0v) is 39.7. The zero-order valence-electron chi connectivity index (χ0n) is 39.7. The SMILES string of the molecule is CC/C=C\C/C=C\C/C=C\C/C=C\CCCCCCCCCCCCCCCCC(=O)OCC(COC(=O)CCCCCCCCC)OC(=O)CCCCCCCCCC. The van der Waals surface area contributed by atoms with Crippen molar-refractivity contribution in [1.29, 1.82) is 0 Å². The Labute approximate surface area is 371 Å². The van der Waals surface area contributed by atoms with Crippen LogP contribution in [0.4, 0.5) is 0 Å². The van der Waals surface area contributed by atoms with Crippen molar-refractivity contribution in [2.45, 2.75) is 264 Å². The molecule has 0 rings (SSSR count). The lowest BCUT2D eigenvalue weighted by Gasteiger charge is -2.18. The van der Waals surface area contributed by atoms with Crippen LogP contribution in [0.5, 0.6) is 0 Å². The molecule has 0 aliphatic heterocycles. The van der Waals surface area contributed by atoms with Crippen molar-refractivity contribution in [2.24, 2.45) is 0 Å². The molecule has 0 heterocycles. The molecule has 60 heavy (non-hydrogen) atoms. The Balaban J connectivity index is 3.99. The summed E-state index contributed by atoms with van der Waals surface area (Å²) in [7, 11) is 0. The maximum atomic E-state index is 12.6. The molecule has 0 radical (unpaired) electrons. The standard InChI is InChI=1S/C54H96O6/c1-4-7-10-13-16-18-19-20-21-22-23-24-25-26-27-28-29-30-31-32-33-34-35-36-39-41-44-47-53(56)59-50-51(49-58-52(55)46-43-40-37-15-12-9-6-3)60-54(57)48-45-42-38-17-14-11-8-5-2/h7,10,16,18,20-21,23-24,51H,4-6,8-9,11-15,17,19,22,25-50H2,1-3H3/b10-7-,18-16-,21-20-,24-23-. The van der Waals surface area contributed by atoms with Gasteiger partial charge in [0.1, 0.15) is 13.2 Å². The predicted molar refractivity (Wildman–Crippen MR) is 256 cm³/mol. The van der Waals surface area contributed by atoms with Crippen LogP contribution in [0.1, 0.15) is 258 Å². The van der Waals surface area contributed by atoms with Crippen LogP contribution < -0.4 is 0 Å². The molecule has 0 saturated heterocycles. The predicted octanol–water partition coefficient (Wildman–Crippen LogP) is 16.7. The van der Waals surface area contributed by atoms with Gasteiger partial charge in [-0.1, -0.05) is 230 Å². The number of allylic oxidation sites excluding steroid dienone is 8. The first-order valence-corrected chi connectivity index (χ1v) is 25.6. The molecule has 0 N–H and O–H groups in total. The van der Waals surface area contributed by atoms with Gasteiger partial charge in [0.15, 0.2) is 6.10 Å². The fourth-order valence-electron chi connectivity index (χ4n) is 7.26. The van der Waals surface area contributed by atoms with E-state index in [1.807, 2.05) is 0 Å². The molecule has 0 aliphatic rings. The number of carbonyl (C=O) groups excluding carboxylic acids is 3. The van der Waals surface area contributed by atoms with E-state index in [2.05, 4.69) is 69.4 Å². The third-order valence-corrected chi connectivity index (χ3v) is 11.1. The molecule has 0 aromatic heterocycles. The quantitative estimate of drug-likeness (QED) is 0.0263. The molecule has 0 bridgehead atoms. The van der Waals surface area contributed by atoms with E-state index in [1.165, 1.54) is 135 Å². The molecule has 0 spiro atoms. The fourth-order valence-corrected chi connectivity index (χ4v) is 7.26. The molecule has 6 nitrogen and oxygen atoms in total. The topological polar surface area (TPSA) is 78.9 Å². The summed E-state index contributed by atoms with van der Waals surface area (Å²) in [4.78, 5) is 37.6. The minimum atomic E-state index is -0.763. The van der Waals surface area contributed by atoms with Crippen molar-refractivity contribution in [2.75, 3.05) is 13.2 Å². The Bertz CT molecular complexity index is 1060. The first kappa shape index (κ1) is 57.4. The molecule has 0 aromatic carbocycles. The molecule has 0 saturated carbocycles. The van der Waals surface area contributed by atoms with E-state index in [4.69, 9.17) is 14.2 Å². The molecular formula is C54H96O6. The summed E-state index contributed by atoms with van der Waals surface area (Å²) in [5.74, 6) is -0.876. The van der Waals surface area contributed by atoms with Crippen molar-refractivity contribution in [1.82, 2.24) is 0 Å². The van der Waals surface area contributed by atoms with Gasteiger partial charge in [-0.05, 0) is 57.8 Å². The largest absolute Gasteiger partial charge is 0.462 e. The second kappa shape index (κ2) is 49.0. The number of ether oxygens (including phenoxy) is 3. The molecule has 0 aromatic rings. The maximum Gasteiger partial charge on any atom is 0.306 e. The average molecular weight is 841 g/mol. The Hall–Kier alpha value is -2.63. The van der Waals surface area contributed by atoms with E-state index >= 15 is 0 Å². The van der Waals surface area contributed by atoms with Crippen molar-refractivity contribution >= 4 is 17.9 Å². The van der Waals surface area contributed by atoms with Crippen LogP contribution in [0.25, 0.3) is 0 Å². The Morgan fingerprint density at radius 1 is 0.350 bits per heavy atom. The van der Waals surface area contributed by atoms with E-state index in [0.29, 0.717) is 19.3 Å². The van der Waals surface area contributed by atoms with Gasteiger partial charge in [-0.3, -0.25) is 14.4 Å². The molecule has 6 heteroatoms. The summed E-state index contributed by atoms with van der Waals surface area (Å²) in [6.45, 7) is 6.46. The molecule has 0 fully saturated rings. The van der Waals surface area contributed by atoms with Crippen molar-refractivity contribution < 1.29 is 28.6 Å². The first-order chi connectivity index (χ1) is 29.5. The summed E-state index contributed by atoms with van der Waals surface area (Å²) in [6.07, 6.45) is 58.5. The summed E-state index contributed by atoms with van der Waals surface area (Å²) in [5, 5.41) is 0. The molecule has 1 unspecified atom stereocenters. The van der Waals surface area contributed by atoms with Gasteiger partial charge in [-0.2, -0.15) is 0 Å². The Kier molecular flexibility index (Phi) is 46.9. The third-order valence-electron chi connectivity index (χ3n) is 11.1. The highest BCUT2D eigenvalue weighted by Gasteiger charge is 2.19. The number of carbonyl (C=O) groups is 3. The van der Waals surface area contributed by atoms with Crippen LogP contribution in [0.3, 0.4) is 0 Å². The number of esters is 3. The highest BCUT2D eigenvalue weighted by molar-refractivity contribution is 5.71. The van der Waals surface area contributed by atoms with Crippen LogP contribution in [0.2, 0.25) is 0 Å². The second-order valence-electron chi connectivity index (χ2n) is 17.1. The van der Waals surface area contributed by atoms with Gasteiger partial charge >= 0.3 is 17.9 Å². The molecular weight excluding hydrogens is 745 g/mol. The monoisotopic (exact) mass is 841 g/mol. The van der Waals surface area contributed by atoms with Crippen LogP contribution in [0.15, 0.2) is 48.6 Å². The lowest BCUT2D eigenvalue weighted by atomic mass is 10.0. The van der Waals surface area contributed by atoms with Crippen LogP contribution >= 0.6 is 0 Å². The molecule has 348 valence electrons. The van der Waals surface area contributed by atoms with Crippen molar-refractivity contribution in [3.63, 3.8) is 0 Å². The van der Waals surface area contributed by atoms with Gasteiger partial charge < -0.3 is 14.2 Å². The van der Waals surface area contributed by atoms with Gasteiger partial charge in [0.2, 0.25) is 0 Å². The normalized spacial score (nSPS) is 12.4. The van der Waals surface area contributed by atoms with Crippen LogP contribution in [-0.2, 0) is 28.6 Å². The summed E-state index contributed by atoms with van der Waals surface area (Å²) in [5.41, 5.74) is 0.